The number of para-hydroxylation sites is 1. The van der Waals surface area contributed by atoms with E-state index in [9.17, 15) is 8.42 Å². The molecule has 0 aliphatic carbocycles. The topological polar surface area (TPSA) is 77.7 Å². The maximum absolute atomic E-state index is 11.9. The van der Waals surface area contributed by atoms with E-state index >= 15 is 0 Å². The summed E-state index contributed by atoms with van der Waals surface area (Å²) in [6, 6.07) is 8.83. The van der Waals surface area contributed by atoms with Crippen LogP contribution in [0, 0.1) is 0 Å². The molecule has 0 unspecified atom stereocenters. The Morgan fingerprint density at radius 1 is 1.29 bits per heavy atom. The Hall–Kier alpha value is -2.02. The highest BCUT2D eigenvalue weighted by Gasteiger charge is 2.22. The van der Waals surface area contributed by atoms with Crippen LogP contribution in [0.25, 0.3) is 5.69 Å². The lowest BCUT2D eigenvalue weighted by Gasteiger charge is -2.03. The number of rotatable bonds is 4. The van der Waals surface area contributed by atoms with Crippen LogP contribution in [0.5, 0.6) is 0 Å². The van der Waals surface area contributed by atoms with E-state index in [0.29, 0.717) is 5.69 Å². The van der Waals surface area contributed by atoms with Gasteiger partial charge in [-0.05, 0) is 22.6 Å². The minimum atomic E-state index is -3.54. The van der Waals surface area contributed by atoms with Gasteiger partial charge in [0.15, 0.2) is 0 Å². The molecule has 0 amide bonds. The molecule has 0 fully saturated rings. The molecule has 0 aliphatic heterocycles. The van der Waals surface area contributed by atoms with Crippen molar-refractivity contribution >= 4 is 9.84 Å². The number of hydrogen-bond acceptors (Lipinski definition) is 5. The van der Waals surface area contributed by atoms with Gasteiger partial charge in [0.2, 0.25) is 9.84 Å². The molecule has 1 heterocycles. The van der Waals surface area contributed by atoms with E-state index in [1.165, 1.54) is 10.8 Å². The molecule has 88 valence electrons. The zero-order chi connectivity index (χ0) is 12.3. The van der Waals surface area contributed by atoms with Gasteiger partial charge in [0.05, 0.1) is 11.4 Å². The highest BCUT2D eigenvalue weighted by Crippen LogP contribution is 2.12. The zero-order valence-electron chi connectivity index (χ0n) is 8.89. The van der Waals surface area contributed by atoms with Crippen molar-refractivity contribution in [3.8, 4) is 5.69 Å². The first-order valence-electron chi connectivity index (χ1n) is 4.82. The summed E-state index contributed by atoms with van der Waals surface area (Å²) in [6.07, 6.45) is 1.30. The maximum atomic E-state index is 11.9. The monoisotopic (exact) mass is 250 g/mol. The van der Waals surface area contributed by atoms with Crippen LogP contribution in [0.4, 0.5) is 0 Å². The largest absolute Gasteiger partial charge is 0.272 e. The minimum absolute atomic E-state index is 0.177. The fourth-order valence-electron chi connectivity index (χ4n) is 1.33. The van der Waals surface area contributed by atoms with Crippen molar-refractivity contribution in [3.05, 3.63) is 43.0 Å². The highest BCUT2D eigenvalue weighted by molar-refractivity contribution is 7.91. The molecule has 2 aromatic rings. The third-order valence-corrected chi connectivity index (χ3v) is 3.54. The Labute approximate surface area is 98.5 Å². The highest BCUT2D eigenvalue weighted by atomic mass is 32.2. The fourth-order valence-corrected chi connectivity index (χ4v) is 2.36. The van der Waals surface area contributed by atoms with E-state index in [2.05, 4.69) is 22.1 Å². The van der Waals surface area contributed by atoms with E-state index < -0.39 is 9.84 Å². The molecule has 0 N–H and O–H groups in total. The molecule has 0 radical (unpaired) electrons. The molecular weight excluding hydrogens is 240 g/mol. The van der Waals surface area contributed by atoms with E-state index in [0.717, 1.165) is 0 Å². The molecule has 7 heteroatoms. The first-order chi connectivity index (χ1) is 8.15. The van der Waals surface area contributed by atoms with Crippen molar-refractivity contribution in [2.45, 2.75) is 5.16 Å². The van der Waals surface area contributed by atoms with E-state index in [1.54, 1.807) is 24.3 Å². The van der Waals surface area contributed by atoms with Crippen molar-refractivity contribution in [1.82, 2.24) is 20.2 Å². The third-order valence-electron chi connectivity index (χ3n) is 2.06. The van der Waals surface area contributed by atoms with Gasteiger partial charge in [-0.3, -0.25) is 0 Å². The minimum Gasteiger partial charge on any atom is -0.220 e. The summed E-state index contributed by atoms with van der Waals surface area (Å²) in [4.78, 5) is 0. The predicted molar refractivity (Wildman–Crippen MR) is 61.4 cm³/mol. The zero-order valence-corrected chi connectivity index (χ0v) is 9.71. The van der Waals surface area contributed by atoms with Crippen LogP contribution < -0.4 is 0 Å². The van der Waals surface area contributed by atoms with Gasteiger partial charge in [-0.2, -0.15) is 4.68 Å². The molecule has 6 nitrogen and oxygen atoms in total. The van der Waals surface area contributed by atoms with Gasteiger partial charge in [-0.15, -0.1) is 6.58 Å². The van der Waals surface area contributed by atoms with Crippen molar-refractivity contribution in [2.24, 2.45) is 0 Å². The number of aromatic nitrogens is 4. The van der Waals surface area contributed by atoms with Crippen LogP contribution in [0.1, 0.15) is 0 Å². The molecule has 17 heavy (non-hydrogen) atoms. The van der Waals surface area contributed by atoms with Crippen molar-refractivity contribution in [3.63, 3.8) is 0 Å². The number of benzene rings is 1. The van der Waals surface area contributed by atoms with Gasteiger partial charge in [-0.25, -0.2) is 8.42 Å². The van der Waals surface area contributed by atoms with Gasteiger partial charge in [0, 0.05) is 0 Å². The standard InChI is InChI=1S/C10H10N4O2S/c1-2-8-17(15,16)10-11-12-13-14(10)9-6-4-3-5-7-9/h2-7H,1,8H2. The van der Waals surface area contributed by atoms with Crippen molar-refractivity contribution in [2.75, 3.05) is 5.75 Å². The molecule has 0 saturated heterocycles. The number of hydrogen-bond donors (Lipinski definition) is 0. The molecule has 2 rings (SSSR count). The Bertz CT molecular complexity index is 619. The second-order valence-corrected chi connectivity index (χ2v) is 5.21. The predicted octanol–water partition coefficient (Wildman–Crippen LogP) is 0.622. The summed E-state index contributed by atoms with van der Waals surface area (Å²) >= 11 is 0. The Balaban J connectivity index is 2.53. The lowest BCUT2D eigenvalue weighted by Crippen LogP contribution is -2.12. The molecule has 0 aliphatic rings. The Morgan fingerprint density at radius 3 is 2.65 bits per heavy atom. The SMILES string of the molecule is C=CCS(=O)(=O)c1nnnn1-c1ccccc1. The number of tetrazole rings is 1. The number of nitrogens with zero attached hydrogens (tertiary/aromatic N) is 4. The van der Waals surface area contributed by atoms with Gasteiger partial charge in [0.25, 0.3) is 5.16 Å². The van der Waals surface area contributed by atoms with Crippen molar-refractivity contribution in [1.29, 1.82) is 0 Å². The number of sulfone groups is 1. The Kier molecular flexibility index (Phi) is 3.01. The molecule has 1 aromatic carbocycles. The Morgan fingerprint density at radius 2 is 2.00 bits per heavy atom. The van der Waals surface area contributed by atoms with Gasteiger partial charge in [0.1, 0.15) is 0 Å². The molecule has 0 saturated carbocycles. The van der Waals surface area contributed by atoms with Gasteiger partial charge < -0.3 is 0 Å². The van der Waals surface area contributed by atoms with Crippen LogP contribution in [-0.4, -0.2) is 34.4 Å². The quantitative estimate of drug-likeness (QED) is 0.743. The van der Waals surface area contributed by atoms with Crippen LogP contribution in [0.15, 0.2) is 48.1 Å². The molecular formula is C10H10N4O2S. The van der Waals surface area contributed by atoms with Crippen LogP contribution >= 0.6 is 0 Å². The summed E-state index contributed by atoms with van der Waals surface area (Å²) < 4.78 is 24.9. The molecule has 0 atom stereocenters. The summed E-state index contributed by atoms with van der Waals surface area (Å²) in [5.74, 6) is -0.194. The molecule has 0 bridgehead atoms. The molecule has 1 aromatic heterocycles. The fraction of sp³-hybridized carbons (Fsp3) is 0.100. The van der Waals surface area contributed by atoms with E-state index in [-0.39, 0.29) is 10.9 Å². The lowest BCUT2D eigenvalue weighted by atomic mass is 10.3. The summed E-state index contributed by atoms with van der Waals surface area (Å²) in [6.45, 7) is 3.40. The first kappa shape index (κ1) is 11.5. The summed E-state index contributed by atoms with van der Waals surface area (Å²) in [7, 11) is -3.54. The van der Waals surface area contributed by atoms with Crippen LogP contribution in [0.3, 0.4) is 0 Å². The average Bonchev–Trinajstić information content (AvgIpc) is 2.79. The lowest BCUT2D eigenvalue weighted by molar-refractivity contribution is 0.583. The summed E-state index contributed by atoms with van der Waals surface area (Å²) in [5.41, 5.74) is 0.597. The van der Waals surface area contributed by atoms with E-state index in [1.807, 2.05) is 6.07 Å². The normalized spacial score (nSPS) is 11.3. The van der Waals surface area contributed by atoms with Crippen LogP contribution in [-0.2, 0) is 9.84 Å². The molecule has 0 spiro atoms. The second-order valence-electron chi connectivity index (χ2n) is 3.28. The third kappa shape index (κ3) is 2.23. The van der Waals surface area contributed by atoms with E-state index in [4.69, 9.17) is 0 Å². The smallest absolute Gasteiger partial charge is 0.220 e. The summed E-state index contributed by atoms with van der Waals surface area (Å²) in [5, 5.41) is 10.4. The van der Waals surface area contributed by atoms with Gasteiger partial charge in [-0.1, -0.05) is 29.4 Å². The average molecular weight is 250 g/mol. The van der Waals surface area contributed by atoms with Crippen molar-refractivity contribution < 1.29 is 8.42 Å². The second kappa shape index (κ2) is 4.46. The maximum Gasteiger partial charge on any atom is 0.272 e. The van der Waals surface area contributed by atoms with Gasteiger partial charge >= 0.3 is 0 Å². The van der Waals surface area contributed by atoms with Crippen LogP contribution in [0.2, 0.25) is 0 Å². The first-order valence-corrected chi connectivity index (χ1v) is 6.48.